The van der Waals surface area contributed by atoms with Crippen LogP contribution in [0.1, 0.15) is 31.1 Å². The summed E-state index contributed by atoms with van der Waals surface area (Å²) in [5.41, 5.74) is 0.712. The molecule has 3 aromatic carbocycles. The Morgan fingerprint density at radius 2 is 1.19 bits per heavy atom. The monoisotopic (exact) mass is 492 g/mol. The van der Waals surface area contributed by atoms with Gasteiger partial charge in [0, 0.05) is 7.11 Å². The van der Waals surface area contributed by atoms with Gasteiger partial charge in [0.15, 0.2) is 6.10 Å². The van der Waals surface area contributed by atoms with Gasteiger partial charge in [-0.15, -0.1) is 0 Å². The first-order chi connectivity index (χ1) is 17.4. The van der Waals surface area contributed by atoms with Gasteiger partial charge >= 0.3 is 23.9 Å². The summed E-state index contributed by atoms with van der Waals surface area (Å²) in [5.74, 6) is -4.69. The number of benzene rings is 3. The van der Waals surface area contributed by atoms with Crippen LogP contribution in [0.25, 0.3) is 0 Å². The highest BCUT2D eigenvalue weighted by atomic mass is 16.9. The molecule has 0 spiro atoms. The molecule has 1 heterocycles. The molecular weight excluding hydrogens is 468 g/mol. The molecule has 3 aromatic rings. The van der Waals surface area contributed by atoms with Gasteiger partial charge in [-0.3, -0.25) is 0 Å². The Bertz CT molecular complexity index is 1180. The summed E-state index contributed by atoms with van der Waals surface area (Å²) in [7, 11) is 1.14. The van der Waals surface area contributed by atoms with E-state index in [2.05, 4.69) is 0 Å². The van der Waals surface area contributed by atoms with Crippen LogP contribution in [0.2, 0.25) is 0 Å². The summed E-state index contributed by atoms with van der Waals surface area (Å²) < 4.78 is 27.2. The zero-order chi connectivity index (χ0) is 25.5. The van der Waals surface area contributed by atoms with Gasteiger partial charge in [0.05, 0.1) is 16.7 Å². The zero-order valence-corrected chi connectivity index (χ0v) is 19.3. The van der Waals surface area contributed by atoms with E-state index >= 15 is 0 Å². The molecule has 9 nitrogen and oxygen atoms in total. The van der Waals surface area contributed by atoms with E-state index in [1.165, 1.54) is 24.3 Å². The van der Waals surface area contributed by atoms with Crippen LogP contribution in [0.4, 0.5) is 0 Å². The Labute approximate surface area is 207 Å². The standard InChI is InChI=1S/C27H24O9/c1-32-27(31)23(35-26(30)20-15-9-4-10-16-20)22(34-25(29)19-13-7-3-8-14-19)21(36-27)17-33-24(28)18-11-5-2-6-12-18/h2-16,21-23,31H,17H2,1H3/t21-,22-,23+,27?/m0/s1. The van der Waals surface area contributed by atoms with Gasteiger partial charge in [0.2, 0.25) is 6.10 Å². The highest BCUT2D eigenvalue weighted by Crippen LogP contribution is 2.35. The molecule has 0 radical (unpaired) electrons. The molecule has 9 heteroatoms. The lowest BCUT2D eigenvalue weighted by Gasteiger charge is -2.28. The van der Waals surface area contributed by atoms with Gasteiger partial charge in [-0.1, -0.05) is 54.6 Å². The largest absolute Gasteiger partial charge is 0.459 e. The molecule has 0 amide bonds. The number of hydrogen-bond donors (Lipinski definition) is 1. The lowest BCUT2D eigenvalue weighted by molar-refractivity contribution is -0.366. The van der Waals surface area contributed by atoms with E-state index in [0.717, 1.165) is 7.11 Å². The van der Waals surface area contributed by atoms with Gasteiger partial charge in [0.1, 0.15) is 12.7 Å². The number of rotatable bonds is 8. The third-order valence-corrected chi connectivity index (χ3v) is 5.52. The predicted molar refractivity (Wildman–Crippen MR) is 125 cm³/mol. The molecule has 0 aliphatic carbocycles. The fourth-order valence-corrected chi connectivity index (χ4v) is 3.66. The van der Waals surface area contributed by atoms with E-state index in [1.54, 1.807) is 66.7 Å². The van der Waals surface area contributed by atoms with Gasteiger partial charge in [0.25, 0.3) is 0 Å². The van der Waals surface area contributed by atoms with E-state index in [4.69, 9.17) is 23.7 Å². The lowest BCUT2D eigenvalue weighted by atomic mass is 10.1. The number of hydrogen-bond acceptors (Lipinski definition) is 9. The van der Waals surface area contributed by atoms with Crippen LogP contribution in [-0.2, 0) is 23.7 Å². The second-order valence-electron chi connectivity index (χ2n) is 7.88. The van der Waals surface area contributed by atoms with Crippen LogP contribution in [0.3, 0.4) is 0 Å². The summed E-state index contributed by atoms with van der Waals surface area (Å²) in [5, 5.41) is 11.0. The van der Waals surface area contributed by atoms with Gasteiger partial charge in [-0.05, 0) is 36.4 Å². The van der Waals surface area contributed by atoms with Crippen molar-refractivity contribution in [1.82, 2.24) is 0 Å². The number of esters is 3. The maximum absolute atomic E-state index is 12.9. The minimum absolute atomic E-state index is 0.197. The molecule has 0 saturated carbocycles. The summed E-state index contributed by atoms with van der Waals surface area (Å²) in [6, 6.07) is 24.4. The normalized spacial score (nSPS) is 23.0. The first kappa shape index (κ1) is 25.1. The number of ether oxygens (including phenoxy) is 5. The Kier molecular flexibility index (Phi) is 7.74. The molecule has 4 atom stereocenters. The van der Waals surface area contributed by atoms with E-state index in [9.17, 15) is 19.5 Å². The number of methoxy groups -OCH3 is 1. The molecule has 186 valence electrons. The summed E-state index contributed by atoms with van der Waals surface area (Å²) in [6.07, 6.45) is -4.19. The van der Waals surface area contributed by atoms with Crippen molar-refractivity contribution in [3.63, 3.8) is 0 Å². The molecule has 1 aliphatic rings. The highest BCUT2D eigenvalue weighted by Gasteiger charge is 2.60. The highest BCUT2D eigenvalue weighted by molar-refractivity contribution is 5.91. The minimum Gasteiger partial charge on any atom is -0.459 e. The van der Waals surface area contributed by atoms with Crippen LogP contribution in [0.5, 0.6) is 0 Å². The van der Waals surface area contributed by atoms with Crippen molar-refractivity contribution in [3.05, 3.63) is 108 Å². The van der Waals surface area contributed by atoms with Gasteiger partial charge in [-0.25, -0.2) is 14.4 Å². The second kappa shape index (κ2) is 11.1. The molecule has 1 fully saturated rings. The zero-order valence-electron chi connectivity index (χ0n) is 19.3. The smallest absolute Gasteiger partial charge is 0.338 e. The van der Waals surface area contributed by atoms with Crippen molar-refractivity contribution in [3.8, 4) is 0 Å². The lowest BCUT2D eigenvalue weighted by Crippen LogP contribution is -2.49. The minimum atomic E-state index is -2.48. The van der Waals surface area contributed by atoms with E-state index in [-0.39, 0.29) is 11.1 Å². The number of carbonyl (C=O) groups excluding carboxylic acids is 3. The summed E-state index contributed by atoms with van der Waals surface area (Å²) >= 11 is 0. The van der Waals surface area contributed by atoms with Crippen LogP contribution in [-0.4, -0.2) is 61.0 Å². The Morgan fingerprint density at radius 1 is 0.750 bits per heavy atom. The summed E-state index contributed by atoms with van der Waals surface area (Å²) in [6.45, 7) is -0.425. The van der Waals surface area contributed by atoms with Crippen LogP contribution in [0, 0.1) is 0 Å². The maximum Gasteiger partial charge on any atom is 0.338 e. The fraction of sp³-hybridized carbons (Fsp3) is 0.222. The van der Waals surface area contributed by atoms with E-state index in [0.29, 0.717) is 5.56 Å². The Hall–Kier alpha value is -4.05. The number of aliphatic hydroxyl groups is 1. The molecule has 1 unspecified atom stereocenters. The van der Waals surface area contributed by atoms with Crippen molar-refractivity contribution in [1.29, 1.82) is 0 Å². The topological polar surface area (TPSA) is 118 Å². The van der Waals surface area contributed by atoms with Crippen molar-refractivity contribution in [2.24, 2.45) is 0 Å². The fourth-order valence-electron chi connectivity index (χ4n) is 3.66. The summed E-state index contributed by atoms with van der Waals surface area (Å²) in [4.78, 5) is 38.1. The van der Waals surface area contributed by atoms with Gasteiger partial charge in [-0.2, -0.15) is 0 Å². The first-order valence-electron chi connectivity index (χ1n) is 11.1. The predicted octanol–water partition coefficient (Wildman–Crippen LogP) is 2.99. The Morgan fingerprint density at radius 3 is 1.67 bits per heavy atom. The van der Waals surface area contributed by atoms with Crippen molar-refractivity contribution >= 4 is 17.9 Å². The average molecular weight is 492 g/mol. The quantitative estimate of drug-likeness (QED) is 0.288. The van der Waals surface area contributed by atoms with Crippen LogP contribution >= 0.6 is 0 Å². The van der Waals surface area contributed by atoms with Crippen LogP contribution < -0.4 is 0 Å². The van der Waals surface area contributed by atoms with Crippen molar-refractivity contribution < 1.29 is 43.2 Å². The molecule has 4 rings (SSSR count). The average Bonchev–Trinajstić information content (AvgIpc) is 3.19. The molecule has 1 saturated heterocycles. The third-order valence-electron chi connectivity index (χ3n) is 5.52. The van der Waals surface area contributed by atoms with Crippen LogP contribution in [0.15, 0.2) is 91.0 Å². The van der Waals surface area contributed by atoms with Crippen molar-refractivity contribution in [2.75, 3.05) is 13.7 Å². The van der Waals surface area contributed by atoms with E-state index < -0.39 is 48.8 Å². The SMILES string of the molecule is COC1(O)O[C@@H](COC(=O)c2ccccc2)[C@H](OC(=O)c2ccccc2)[C@H]1OC(=O)c1ccccc1. The molecule has 0 aromatic heterocycles. The first-order valence-corrected chi connectivity index (χ1v) is 11.1. The second-order valence-corrected chi connectivity index (χ2v) is 7.88. The molecule has 36 heavy (non-hydrogen) atoms. The molecule has 0 bridgehead atoms. The molecule has 1 N–H and O–H groups in total. The molecule has 1 aliphatic heterocycles. The molecular formula is C27H24O9. The number of carbonyl (C=O) groups is 3. The van der Waals surface area contributed by atoms with Gasteiger partial charge < -0.3 is 28.8 Å². The third kappa shape index (κ3) is 5.60. The maximum atomic E-state index is 12.9. The van der Waals surface area contributed by atoms with Crippen molar-refractivity contribution in [2.45, 2.75) is 24.3 Å². The van der Waals surface area contributed by atoms with E-state index in [1.807, 2.05) is 0 Å². The Balaban J connectivity index is 1.59.